The van der Waals surface area contributed by atoms with Crippen molar-refractivity contribution in [1.29, 1.82) is 0 Å². The Kier molecular flexibility index (Phi) is 4.47. The van der Waals surface area contributed by atoms with Crippen LogP contribution in [0.1, 0.15) is 66.7 Å². The van der Waals surface area contributed by atoms with Gasteiger partial charge in [0.05, 0.1) is 17.5 Å². The van der Waals surface area contributed by atoms with Gasteiger partial charge in [-0.2, -0.15) is 5.10 Å². The van der Waals surface area contributed by atoms with Crippen LogP contribution in [0.3, 0.4) is 0 Å². The van der Waals surface area contributed by atoms with Gasteiger partial charge < -0.3 is 9.80 Å². The quantitative estimate of drug-likeness (QED) is 0.840. The molecule has 0 unspecified atom stereocenters. The van der Waals surface area contributed by atoms with E-state index in [0.717, 1.165) is 30.8 Å². The third-order valence-corrected chi connectivity index (χ3v) is 5.79. The van der Waals surface area contributed by atoms with Crippen molar-refractivity contribution in [3.05, 3.63) is 47.3 Å². The Morgan fingerprint density at radius 3 is 2.77 bits per heavy atom. The smallest absolute Gasteiger partial charge is 0.257 e. The van der Waals surface area contributed by atoms with Gasteiger partial charge in [0.2, 0.25) is 0 Å². The molecule has 1 aliphatic carbocycles. The SMILES string of the molecule is CC[C@@H](C)n1ncc(C(=O)N2CCN(C)c3ccccc3C2)c1C1CC1. The van der Waals surface area contributed by atoms with Gasteiger partial charge in [-0.05, 0) is 37.8 Å². The van der Waals surface area contributed by atoms with E-state index < -0.39 is 0 Å². The van der Waals surface area contributed by atoms with Crippen molar-refractivity contribution in [3.8, 4) is 0 Å². The first-order chi connectivity index (χ1) is 12.6. The predicted molar refractivity (Wildman–Crippen MR) is 104 cm³/mol. The molecule has 2 heterocycles. The maximum Gasteiger partial charge on any atom is 0.257 e. The second kappa shape index (κ2) is 6.78. The molecule has 1 fully saturated rings. The Balaban J connectivity index is 1.65. The molecule has 1 aliphatic heterocycles. The molecule has 1 atom stereocenters. The highest BCUT2D eigenvalue weighted by molar-refractivity contribution is 5.95. The largest absolute Gasteiger partial charge is 0.373 e. The number of likely N-dealkylation sites (N-methyl/N-ethyl adjacent to an activating group) is 1. The maximum absolute atomic E-state index is 13.4. The molecule has 2 aliphatic rings. The standard InChI is InChI=1S/C21H28N4O/c1-4-15(2)25-20(16-9-10-16)18(13-22-25)21(26)24-12-11-23(3)19-8-6-5-7-17(19)14-24/h5-8,13,15-16H,4,9-12,14H2,1-3H3/t15-/m1/s1. The maximum atomic E-state index is 13.4. The summed E-state index contributed by atoms with van der Waals surface area (Å²) in [4.78, 5) is 17.6. The molecule has 0 saturated heterocycles. The first kappa shape index (κ1) is 17.1. The highest BCUT2D eigenvalue weighted by Gasteiger charge is 2.35. The fourth-order valence-corrected chi connectivity index (χ4v) is 3.86. The lowest BCUT2D eigenvalue weighted by Crippen LogP contribution is -2.34. The molecule has 26 heavy (non-hydrogen) atoms. The van der Waals surface area contributed by atoms with Gasteiger partial charge in [0.15, 0.2) is 0 Å². The molecule has 1 saturated carbocycles. The highest BCUT2D eigenvalue weighted by atomic mass is 16.2. The zero-order valence-corrected chi connectivity index (χ0v) is 16.0. The number of fused-ring (bicyclic) bond motifs is 1. The zero-order chi connectivity index (χ0) is 18.3. The van der Waals surface area contributed by atoms with Gasteiger partial charge in [-0.25, -0.2) is 0 Å². The Labute approximate surface area is 155 Å². The van der Waals surface area contributed by atoms with E-state index in [2.05, 4.69) is 59.8 Å². The average Bonchev–Trinajstić information content (AvgIpc) is 3.43. The molecule has 4 rings (SSSR count). The van der Waals surface area contributed by atoms with Gasteiger partial charge >= 0.3 is 0 Å². The van der Waals surface area contributed by atoms with E-state index >= 15 is 0 Å². The van der Waals surface area contributed by atoms with Crippen LogP contribution in [0.2, 0.25) is 0 Å². The third-order valence-electron chi connectivity index (χ3n) is 5.79. The minimum atomic E-state index is 0.131. The number of anilines is 1. The Hall–Kier alpha value is -2.30. The first-order valence-corrected chi connectivity index (χ1v) is 9.75. The fourth-order valence-electron chi connectivity index (χ4n) is 3.86. The monoisotopic (exact) mass is 352 g/mol. The second-order valence-corrected chi connectivity index (χ2v) is 7.70. The Bertz CT molecular complexity index is 808. The molecule has 0 spiro atoms. The van der Waals surface area contributed by atoms with E-state index in [9.17, 15) is 4.79 Å². The molecule has 5 heteroatoms. The number of hydrogen-bond donors (Lipinski definition) is 0. The number of aromatic nitrogens is 2. The fraction of sp³-hybridized carbons (Fsp3) is 0.524. The summed E-state index contributed by atoms with van der Waals surface area (Å²) in [5.41, 5.74) is 4.41. The minimum absolute atomic E-state index is 0.131. The van der Waals surface area contributed by atoms with Gasteiger partial charge in [0.25, 0.3) is 5.91 Å². The summed E-state index contributed by atoms with van der Waals surface area (Å²) in [6.07, 6.45) is 5.18. The van der Waals surface area contributed by atoms with Crippen LogP contribution in [0.25, 0.3) is 0 Å². The second-order valence-electron chi connectivity index (χ2n) is 7.70. The van der Waals surface area contributed by atoms with Crippen molar-refractivity contribution in [2.24, 2.45) is 0 Å². The van der Waals surface area contributed by atoms with Crippen molar-refractivity contribution in [1.82, 2.24) is 14.7 Å². The molecule has 0 radical (unpaired) electrons. The summed E-state index contributed by atoms with van der Waals surface area (Å²) >= 11 is 0. The summed E-state index contributed by atoms with van der Waals surface area (Å²) < 4.78 is 2.10. The van der Waals surface area contributed by atoms with E-state index in [4.69, 9.17) is 0 Å². The van der Waals surface area contributed by atoms with Crippen LogP contribution in [-0.4, -0.2) is 40.7 Å². The van der Waals surface area contributed by atoms with E-state index in [1.165, 1.54) is 24.1 Å². The number of amides is 1. The van der Waals surface area contributed by atoms with Crippen LogP contribution < -0.4 is 4.90 Å². The van der Waals surface area contributed by atoms with Crippen LogP contribution in [0.4, 0.5) is 5.69 Å². The molecule has 0 N–H and O–H groups in total. The van der Waals surface area contributed by atoms with Crippen molar-refractivity contribution < 1.29 is 4.79 Å². The lowest BCUT2D eigenvalue weighted by Gasteiger charge is -2.22. The number of rotatable bonds is 4. The first-order valence-electron chi connectivity index (χ1n) is 9.75. The number of hydrogen-bond acceptors (Lipinski definition) is 3. The van der Waals surface area contributed by atoms with Crippen molar-refractivity contribution in [2.45, 2.75) is 51.6 Å². The van der Waals surface area contributed by atoms with Gasteiger partial charge in [0, 0.05) is 44.3 Å². The number of para-hydroxylation sites is 1. The van der Waals surface area contributed by atoms with Crippen molar-refractivity contribution in [3.63, 3.8) is 0 Å². The number of benzene rings is 1. The molecular weight excluding hydrogens is 324 g/mol. The summed E-state index contributed by atoms with van der Waals surface area (Å²) in [5, 5.41) is 4.61. The lowest BCUT2D eigenvalue weighted by molar-refractivity contribution is 0.0750. The molecule has 1 aromatic heterocycles. The minimum Gasteiger partial charge on any atom is -0.373 e. The van der Waals surface area contributed by atoms with E-state index in [-0.39, 0.29) is 5.91 Å². The topological polar surface area (TPSA) is 41.4 Å². The Morgan fingerprint density at radius 2 is 2.04 bits per heavy atom. The van der Waals surface area contributed by atoms with Crippen LogP contribution in [0.5, 0.6) is 0 Å². The van der Waals surface area contributed by atoms with Crippen molar-refractivity contribution in [2.75, 3.05) is 25.0 Å². The molecule has 1 aromatic carbocycles. The van der Waals surface area contributed by atoms with E-state index in [0.29, 0.717) is 18.5 Å². The summed E-state index contributed by atoms with van der Waals surface area (Å²) in [6.45, 7) is 6.61. The molecule has 0 bridgehead atoms. The van der Waals surface area contributed by atoms with Gasteiger partial charge in [-0.15, -0.1) is 0 Å². The zero-order valence-electron chi connectivity index (χ0n) is 16.0. The predicted octanol–water partition coefficient (Wildman–Crippen LogP) is 3.82. The van der Waals surface area contributed by atoms with Gasteiger partial charge in [0.1, 0.15) is 0 Å². The molecule has 5 nitrogen and oxygen atoms in total. The van der Waals surface area contributed by atoms with Gasteiger partial charge in [-0.1, -0.05) is 25.1 Å². The van der Waals surface area contributed by atoms with E-state index in [1.54, 1.807) is 0 Å². The normalized spacial score (nSPS) is 18.4. The van der Waals surface area contributed by atoms with Gasteiger partial charge in [-0.3, -0.25) is 9.48 Å². The highest BCUT2D eigenvalue weighted by Crippen LogP contribution is 2.43. The molecule has 138 valence electrons. The molecule has 1 amide bonds. The Morgan fingerprint density at radius 1 is 1.27 bits per heavy atom. The van der Waals surface area contributed by atoms with Crippen molar-refractivity contribution >= 4 is 11.6 Å². The summed E-state index contributed by atoms with van der Waals surface area (Å²) in [6, 6.07) is 8.72. The van der Waals surface area contributed by atoms with Crippen LogP contribution in [0, 0.1) is 0 Å². The number of carbonyl (C=O) groups is 1. The molecule has 2 aromatic rings. The third kappa shape index (κ3) is 3.00. The van der Waals surface area contributed by atoms with Crippen LogP contribution in [0.15, 0.2) is 30.5 Å². The number of carbonyl (C=O) groups excluding carboxylic acids is 1. The number of nitrogens with zero attached hydrogens (tertiary/aromatic N) is 4. The van der Waals surface area contributed by atoms with Crippen LogP contribution >= 0.6 is 0 Å². The van der Waals surface area contributed by atoms with E-state index in [1.807, 2.05) is 11.1 Å². The van der Waals surface area contributed by atoms with Crippen LogP contribution in [-0.2, 0) is 6.54 Å². The lowest BCUT2D eigenvalue weighted by atomic mass is 10.1. The molecular formula is C21H28N4O. The summed E-state index contributed by atoms with van der Waals surface area (Å²) in [7, 11) is 2.10. The summed E-state index contributed by atoms with van der Waals surface area (Å²) in [5.74, 6) is 0.638. The average molecular weight is 352 g/mol.